The van der Waals surface area contributed by atoms with Crippen LogP contribution in [0.5, 0.6) is 0 Å². The monoisotopic (exact) mass is 286 g/mol. The van der Waals surface area contributed by atoms with Gasteiger partial charge in [0, 0.05) is 13.7 Å². The first-order chi connectivity index (χ1) is 9.01. The number of nitrogens with one attached hydrogen (secondary N) is 1. The van der Waals surface area contributed by atoms with Gasteiger partial charge in [-0.2, -0.15) is 0 Å². The molecule has 0 aliphatic rings. The quantitative estimate of drug-likeness (QED) is 0.765. The first kappa shape index (κ1) is 15.6. The van der Waals surface area contributed by atoms with Crippen molar-refractivity contribution in [2.24, 2.45) is 5.73 Å². The van der Waals surface area contributed by atoms with E-state index in [1.165, 1.54) is 18.4 Å². The van der Waals surface area contributed by atoms with Crippen LogP contribution in [0.3, 0.4) is 0 Å². The van der Waals surface area contributed by atoms with Crippen molar-refractivity contribution in [2.45, 2.75) is 19.4 Å². The SMILES string of the molecule is COCCC(N)C(=O)Nc1c(C)csc1C(=O)OC. The van der Waals surface area contributed by atoms with Gasteiger partial charge in [-0.15, -0.1) is 11.3 Å². The zero-order valence-corrected chi connectivity index (χ0v) is 12.0. The average Bonchev–Trinajstić information content (AvgIpc) is 2.76. The summed E-state index contributed by atoms with van der Waals surface area (Å²) in [6.07, 6.45) is 0.416. The van der Waals surface area contributed by atoms with Gasteiger partial charge in [-0.1, -0.05) is 0 Å². The van der Waals surface area contributed by atoms with E-state index in [2.05, 4.69) is 10.1 Å². The van der Waals surface area contributed by atoms with Gasteiger partial charge in [0.05, 0.1) is 18.8 Å². The molecule has 0 aliphatic heterocycles. The minimum Gasteiger partial charge on any atom is -0.465 e. The van der Waals surface area contributed by atoms with E-state index in [0.717, 1.165) is 5.56 Å². The molecule has 0 saturated heterocycles. The molecule has 1 rings (SSSR count). The molecule has 1 aromatic heterocycles. The lowest BCUT2D eigenvalue weighted by molar-refractivity contribution is -0.117. The van der Waals surface area contributed by atoms with Gasteiger partial charge in [-0.3, -0.25) is 4.79 Å². The van der Waals surface area contributed by atoms with E-state index < -0.39 is 12.0 Å². The molecule has 7 heteroatoms. The number of carbonyl (C=O) groups is 2. The van der Waals surface area contributed by atoms with Gasteiger partial charge in [0.25, 0.3) is 0 Å². The van der Waals surface area contributed by atoms with Gasteiger partial charge in [-0.25, -0.2) is 4.79 Å². The molecule has 0 radical (unpaired) electrons. The predicted molar refractivity (Wildman–Crippen MR) is 73.5 cm³/mol. The Hall–Kier alpha value is -1.44. The Balaban J connectivity index is 2.78. The van der Waals surface area contributed by atoms with Crippen molar-refractivity contribution < 1.29 is 19.1 Å². The summed E-state index contributed by atoms with van der Waals surface area (Å²) in [6, 6.07) is -0.676. The van der Waals surface area contributed by atoms with Gasteiger partial charge in [0.15, 0.2) is 0 Å². The normalized spacial score (nSPS) is 12.0. The lowest BCUT2D eigenvalue weighted by Crippen LogP contribution is -2.36. The molecule has 0 aromatic carbocycles. The summed E-state index contributed by atoms with van der Waals surface area (Å²) >= 11 is 1.23. The Morgan fingerprint density at radius 2 is 2.16 bits per heavy atom. The summed E-state index contributed by atoms with van der Waals surface area (Å²) in [5.74, 6) is -0.817. The maximum Gasteiger partial charge on any atom is 0.350 e. The third-order valence-corrected chi connectivity index (χ3v) is 3.64. The Kier molecular flexibility index (Phi) is 5.94. The van der Waals surface area contributed by atoms with Crippen molar-refractivity contribution in [2.75, 3.05) is 26.1 Å². The average molecular weight is 286 g/mol. The number of nitrogens with two attached hydrogens (primary N) is 1. The summed E-state index contributed by atoms with van der Waals surface area (Å²) in [5, 5.41) is 4.45. The van der Waals surface area contributed by atoms with E-state index in [4.69, 9.17) is 10.5 Å². The fourth-order valence-electron chi connectivity index (χ4n) is 1.43. The molecule has 0 fully saturated rings. The molecule has 1 atom stereocenters. The number of ether oxygens (including phenoxy) is 2. The van der Waals surface area contributed by atoms with Crippen LogP contribution in [-0.2, 0) is 14.3 Å². The Morgan fingerprint density at radius 3 is 2.74 bits per heavy atom. The van der Waals surface area contributed by atoms with E-state index in [1.807, 2.05) is 0 Å². The molecule has 1 unspecified atom stereocenters. The first-order valence-electron chi connectivity index (χ1n) is 5.73. The van der Waals surface area contributed by atoms with Gasteiger partial charge >= 0.3 is 5.97 Å². The van der Waals surface area contributed by atoms with Crippen LogP contribution >= 0.6 is 11.3 Å². The topological polar surface area (TPSA) is 90.6 Å². The van der Waals surface area contributed by atoms with Crippen LogP contribution in [-0.4, -0.2) is 38.7 Å². The number of hydrogen-bond donors (Lipinski definition) is 2. The molecule has 0 spiro atoms. The molecule has 1 amide bonds. The van der Waals surface area contributed by atoms with Gasteiger partial charge in [0.2, 0.25) is 5.91 Å². The molecule has 0 saturated carbocycles. The molecular formula is C12H18N2O4S. The van der Waals surface area contributed by atoms with Crippen LogP contribution in [0, 0.1) is 6.92 Å². The third kappa shape index (κ3) is 4.02. The van der Waals surface area contributed by atoms with Gasteiger partial charge < -0.3 is 20.5 Å². The van der Waals surface area contributed by atoms with Crippen LogP contribution in [0.15, 0.2) is 5.38 Å². The van der Waals surface area contributed by atoms with Crippen molar-refractivity contribution in [3.8, 4) is 0 Å². The van der Waals surface area contributed by atoms with Gasteiger partial charge in [-0.05, 0) is 24.3 Å². The number of thiophene rings is 1. The number of aryl methyl sites for hydroxylation is 1. The number of esters is 1. The predicted octanol–water partition coefficient (Wildman–Crippen LogP) is 1.15. The fraction of sp³-hybridized carbons (Fsp3) is 0.500. The standard InChI is InChI=1S/C12H18N2O4S/c1-7-6-19-10(12(16)18-3)9(7)14-11(15)8(13)4-5-17-2/h6,8H,4-5,13H2,1-3H3,(H,14,15). The second kappa shape index (κ2) is 7.22. The van der Waals surface area contributed by atoms with Crippen LogP contribution in [0.2, 0.25) is 0 Å². The second-order valence-electron chi connectivity index (χ2n) is 3.99. The molecule has 3 N–H and O–H groups in total. The van der Waals surface area contributed by atoms with Crippen LogP contribution in [0.25, 0.3) is 0 Å². The number of amides is 1. The first-order valence-corrected chi connectivity index (χ1v) is 6.61. The van der Waals surface area contributed by atoms with E-state index in [9.17, 15) is 9.59 Å². The summed E-state index contributed by atoms with van der Waals surface area (Å²) in [5.41, 5.74) is 6.99. The van der Waals surface area contributed by atoms with Crippen LogP contribution in [0.4, 0.5) is 5.69 Å². The second-order valence-corrected chi connectivity index (χ2v) is 4.87. The molecule has 0 aliphatic carbocycles. The van der Waals surface area contributed by atoms with Gasteiger partial charge in [0.1, 0.15) is 4.88 Å². The Morgan fingerprint density at radius 1 is 1.47 bits per heavy atom. The number of methoxy groups -OCH3 is 2. The summed E-state index contributed by atoms with van der Waals surface area (Å²) in [4.78, 5) is 23.8. The van der Waals surface area contributed by atoms with Crippen molar-refractivity contribution in [3.05, 3.63) is 15.8 Å². The lowest BCUT2D eigenvalue weighted by Gasteiger charge is -2.12. The molecule has 19 heavy (non-hydrogen) atoms. The smallest absolute Gasteiger partial charge is 0.350 e. The van der Waals surface area contributed by atoms with Crippen molar-refractivity contribution in [1.29, 1.82) is 0 Å². The Bertz CT molecular complexity index is 459. The number of rotatable bonds is 6. The van der Waals surface area contributed by atoms with E-state index in [1.54, 1.807) is 19.4 Å². The van der Waals surface area contributed by atoms with Crippen LogP contribution in [0.1, 0.15) is 21.7 Å². The maximum atomic E-state index is 11.9. The van der Waals surface area contributed by atoms with E-state index in [0.29, 0.717) is 23.6 Å². The Labute approximate surface area is 115 Å². The van der Waals surface area contributed by atoms with E-state index >= 15 is 0 Å². The largest absolute Gasteiger partial charge is 0.465 e. The molecule has 106 valence electrons. The van der Waals surface area contributed by atoms with E-state index in [-0.39, 0.29) is 5.91 Å². The highest BCUT2D eigenvalue weighted by molar-refractivity contribution is 7.12. The highest BCUT2D eigenvalue weighted by atomic mass is 32.1. The number of carbonyl (C=O) groups excluding carboxylic acids is 2. The summed E-state index contributed by atoms with van der Waals surface area (Å²) < 4.78 is 9.54. The maximum absolute atomic E-state index is 11.9. The zero-order chi connectivity index (χ0) is 14.4. The molecule has 0 bridgehead atoms. The fourth-order valence-corrected chi connectivity index (χ4v) is 2.36. The summed E-state index contributed by atoms with van der Waals surface area (Å²) in [7, 11) is 2.84. The minimum absolute atomic E-state index is 0.344. The minimum atomic E-state index is -0.676. The number of hydrogen-bond acceptors (Lipinski definition) is 6. The molecule has 6 nitrogen and oxygen atoms in total. The molecule has 1 aromatic rings. The lowest BCUT2D eigenvalue weighted by atomic mass is 10.2. The van der Waals surface area contributed by atoms with Crippen LogP contribution < -0.4 is 11.1 Å². The summed E-state index contributed by atoms with van der Waals surface area (Å²) in [6.45, 7) is 2.21. The highest BCUT2D eigenvalue weighted by Gasteiger charge is 2.21. The third-order valence-electron chi connectivity index (χ3n) is 2.56. The highest BCUT2D eigenvalue weighted by Crippen LogP contribution is 2.28. The zero-order valence-electron chi connectivity index (χ0n) is 11.2. The molecule has 1 heterocycles. The number of anilines is 1. The molecular weight excluding hydrogens is 268 g/mol. The van der Waals surface area contributed by atoms with Crippen molar-refractivity contribution in [1.82, 2.24) is 0 Å². The van der Waals surface area contributed by atoms with Crippen molar-refractivity contribution in [3.63, 3.8) is 0 Å². The van der Waals surface area contributed by atoms with Crippen molar-refractivity contribution >= 4 is 28.9 Å².